The van der Waals surface area contributed by atoms with Crippen LogP contribution >= 0.6 is 0 Å². The van der Waals surface area contributed by atoms with Gasteiger partial charge in [0.15, 0.2) is 0 Å². The van der Waals surface area contributed by atoms with Crippen LogP contribution in [-0.4, -0.2) is 41.0 Å². The first-order valence-corrected chi connectivity index (χ1v) is 9.80. The summed E-state index contributed by atoms with van der Waals surface area (Å²) < 4.78 is 4.46. The predicted molar refractivity (Wildman–Crippen MR) is 105 cm³/mol. The fourth-order valence-corrected chi connectivity index (χ4v) is 2.39. The SMILES string of the molecule is CC.CC(C)CC(=O)N1CCCC1C.Cc1ccon1.O=CNC1CC1. The van der Waals surface area contributed by atoms with Crippen molar-refractivity contribution < 1.29 is 14.1 Å². The highest BCUT2D eigenvalue weighted by molar-refractivity contribution is 5.76. The fraction of sp³-hybridized carbons (Fsp3) is 0.750. The molecule has 0 radical (unpaired) electrons. The molecular weight excluding hydrogens is 330 g/mol. The van der Waals surface area contributed by atoms with E-state index in [-0.39, 0.29) is 0 Å². The van der Waals surface area contributed by atoms with Crippen LogP contribution in [0.3, 0.4) is 0 Å². The van der Waals surface area contributed by atoms with Gasteiger partial charge >= 0.3 is 0 Å². The van der Waals surface area contributed by atoms with Gasteiger partial charge in [-0.2, -0.15) is 0 Å². The van der Waals surface area contributed by atoms with Gasteiger partial charge in [0.1, 0.15) is 6.26 Å². The van der Waals surface area contributed by atoms with Crippen LogP contribution in [-0.2, 0) is 9.59 Å². The zero-order chi connectivity index (χ0) is 19.9. The third-order valence-corrected chi connectivity index (χ3v) is 3.90. The molecule has 0 bridgehead atoms. The van der Waals surface area contributed by atoms with E-state index in [2.05, 4.69) is 35.8 Å². The molecule has 1 N–H and O–H groups in total. The Morgan fingerprint density at radius 3 is 2.31 bits per heavy atom. The topological polar surface area (TPSA) is 75.4 Å². The van der Waals surface area contributed by atoms with Crippen molar-refractivity contribution in [1.29, 1.82) is 0 Å². The normalized spacial score (nSPS) is 17.8. The summed E-state index contributed by atoms with van der Waals surface area (Å²) in [6, 6.07) is 2.82. The van der Waals surface area contributed by atoms with Crippen molar-refractivity contribution in [3.05, 3.63) is 18.0 Å². The lowest BCUT2D eigenvalue weighted by molar-refractivity contribution is -0.132. The number of rotatable bonds is 4. The molecule has 1 aromatic heterocycles. The lowest BCUT2D eigenvalue weighted by atomic mass is 10.1. The van der Waals surface area contributed by atoms with Gasteiger partial charge in [0.25, 0.3) is 0 Å². The number of nitrogens with zero attached hydrogens (tertiary/aromatic N) is 2. The number of likely N-dealkylation sites (tertiary alicyclic amines) is 1. The Bertz CT molecular complexity index is 471. The molecule has 1 aliphatic heterocycles. The lowest BCUT2D eigenvalue weighted by Gasteiger charge is -2.22. The second kappa shape index (κ2) is 14.3. The molecule has 1 unspecified atom stereocenters. The highest BCUT2D eigenvalue weighted by Crippen LogP contribution is 2.18. The number of hydrogen-bond acceptors (Lipinski definition) is 4. The zero-order valence-electron chi connectivity index (χ0n) is 17.3. The lowest BCUT2D eigenvalue weighted by Crippen LogP contribution is -2.34. The van der Waals surface area contributed by atoms with E-state index in [4.69, 9.17) is 0 Å². The summed E-state index contributed by atoms with van der Waals surface area (Å²) in [7, 11) is 0. The van der Waals surface area contributed by atoms with E-state index < -0.39 is 0 Å². The number of carbonyl (C=O) groups excluding carboxylic acids is 2. The minimum Gasteiger partial charge on any atom is -0.365 e. The van der Waals surface area contributed by atoms with Crippen molar-refractivity contribution in [3.8, 4) is 0 Å². The van der Waals surface area contributed by atoms with Gasteiger partial charge in [-0.05, 0) is 45.4 Å². The molecular formula is C20H37N3O3. The van der Waals surface area contributed by atoms with Crippen molar-refractivity contribution in [2.75, 3.05) is 6.54 Å². The summed E-state index contributed by atoms with van der Waals surface area (Å²) >= 11 is 0. The molecule has 6 nitrogen and oxygen atoms in total. The van der Waals surface area contributed by atoms with E-state index in [9.17, 15) is 9.59 Å². The number of amides is 2. The Hall–Kier alpha value is -1.85. The highest BCUT2D eigenvalue weighted by Gasteiger charge is 2.24. The first-order chi connectivity index (χ1) is 12.4. The first kappa shape index (κ1) is 24.1. The standard InChI is InChI=1S/C10H19NO.C4H5NO.C4H7NO.C2H6/c1-8(2)7-10(12)11-6-4-5-9(11)3;1-4-2-3-6-5-4;6-3-5-4-1-2-4;1-2/h8-9H,4-7H2,1-3H3;2-3H,1H3;3-4H,1-2H2,(H,5,6);1-2H3. The molecule has 1 saturated carbocycles. The predicted octanol–water partition coefficient (Wildman–Crippen LogP) is 3.95. The van der Waals surface area contributed by atoms with Crippen LogP contribution in [0.5, 0.6) is 0 Å². The Kier molecular flexibility index (Phi) is 13.3. The molecule has 1 aliphatic carbocycles. The third-order valence-electron chi connectivity index (χ3n) is 3.90. The Balaban J connectivity index is 0.000000375. The van der Waals surface area contributed by atoms with Gasteiger partial charge in [-0.15, -0.1) is 0 Å². The zero-order valence-corrected chi connectivity index (χ0v) is 17.3. The van der Waals surface area contributed by atoms with Gasteiger partial charge in [-0.25, -0.2) is 0 Å². The van der Waals surface area contributed by atoms with E-state index in [1.165, 1.54) is 25.7 Å². The molecule has 2 amide bonds. The van der Waals surface area contributed by atoms with E-state index in [1.54, 1.807) is 12.3 Å². The van der Waals surface area contributed by atoms with Crippen molar-refractivity contribution in [1.82, 2.24) is 15.4 Å². The average molecular weight is 368 g/mol. The molecule has 0 spiro atoms. The van der Waals surface area contributed by atoms with E-state index in [1.807, 2.05) is 25.7 Å². The van der Waals surface area contributed by atoms with Gasteiger partial charge in [0.05, 0.1) is 5.69 Å². The number of aromatic nitrogens is 1. The van der Waals surface area contributed by atoms with E-state index in [0.29, 0.717) is 30.3 Å². The Morgan fingerprint density at radius 1 is 1.38 bits per heavy atom. The summed E-state index contributed by atoms with van der Waals surface area (Å²) in [5.41, 5.74) is 0.926. The van der Waals surface area contributed by atoms with Crippen LogP contribution in [0.4, 0.5) is 0 Å². The monoisotopic (exact) mass is 367 g/mol. The van der Waals surface area contributed by atoms with Crippen molar-refractivity contribution in [3.63, 3.8) is 0 Å². The molecule has 1 saturated heterocycles. The maximum atomic E-state index is 11.6. The molecule has 0 aromatic carbocycles. The Morgan fingerprint density at radius 2 is 2.04 bits per heavy atom. The second-order valence-corrected chi connectivity index (χ2v) is 6.88. The fourth-order valence-electron chi connectivity index (χ4n) is 2.39. The summed E-state index contributed by atoms with van der Waals surface area (Å²) in [6.07, 6.45) is 7.75. The molecule has 150 valence electrons. The average Bonchev–Trinajstić information content (AvgIpc) is 3.10. The Labute approximate surface area is 158 Å². The van der Waals surface area contributed by atoms with Crippen LogP contribution in [0, 0.1) is 12.8 Å². The van der Waals surface area contributed by atoms with Gasteiger partial charge in [0.2, 0.25) is 12.3 Å². The van der Waals surface area contributed by atoms with Crippen LogP contribution in [0.2, 0.25) is 0 Å². The van der Waals surface area contributed by atoms with Crippen molar-refractivity contribution in [2.24, 2.45) is 5.92 Å². The molecule has 2 heterocycles. The third kappa shape index (κ3) is 11.7. The smallest absolute Gasteiger partial charge is 0.223 e. The van der Waals surface area contributed by atoms with Crippen LogP contribution in [0.1, 0.15) is 72.4 Å². The van der Waals surface area contributed by atoms with Crippen molar-refractivity contribution in [2.45, 2.75) is 85.7 Å². The van der Waals surface area contributed by atoms with Crippen LogP contribution in [0.15, 0.2) is 16.9 Å². The number of aryl methyl sites for hydroxylation is 1. The van der Waals surface area contributed by atoms with Gasteiger partial charge in [-0.3, -0.25) is 9.59 Å². The molecule has 3 rings (SSSR count). The summed E-state index contributed by atoms with van der Waals surface area (Å²) in [4.78, 5) is 23.2. The molecule has 2 aliphatic rings. The number of hydrogen-bond donors (Lipinski definition) is 1. The van der Waals surface area contributed by atoms with E-state index >= 15 is 0 Å². The quantitative estimate of drug-likeness (QED) is 0.818. The molecule has 1 atom stereocenters. The maximum absolute atomic E-state index is 11.6. The summed E-state index contributed by atoms with van der Waals surface area (Å²) in [5, 5.41) is 6.18. The summed E-state index contributed by atoms with van der Waals surface area (Å²) in [5.74, 6) is 0.834. The van der Waals surface area contributed by atoms with Gasteiger partial charge in [0, 0.05) is 31.1 Å². The van der Waals surface area contributed by atoms with Crippen LogP contribution in [0.25, 0.3) is 0 Å². The molecule has 1 aromatic rings. The minimum atomic E-state index is 0.343. The van der Waals surface area contributed by atoms with Gasteiger partial charge < -0.3 is 14.7 Å². The molecule has 2 fully saturated rings. The second-order valence-electron chi connectivity index (χ2n) is 6.88. The first-order valence-electron chi connectivity index (χ1n) is 9.80. The highest BCUT2D eigenvalue weighted by atomic mass is 16.5. The maximum Gasteiger partial charge on any atom is 0.223 e. The minimum absolute atomic E-state index is 0.343. The molecule has 6 heteroatoms. The molecule has 26 heavy (non-hydrogen) atoms. The summed E-state index contributed by atoms with van der Waals surface area (Å²) in [6.45, 7) is 13.2. The largest absolute Gasteiger partial charge is 0.365 e. The van der Waals surface area contributed by atoms with Gasteiger partial charge in [-0.1, -0.05) is 32.9 Å². The van der Waals surface area contributed by atoms with Crippen LogP contribution < -0.4 is 5.32 Å². The number of carbonyl (C=O) groups is 2. The number of nitrogens with one attached hydrogen (secondary N) is 1. The van der Waals surface area contributed by atoms with Crippen molar-refractivity contribution >= 4 is 12.3 Å². The van der Waals surface area contributed by atoms with E-state index in [0.717, 1.165) is 18.6 Å².